The molecule has 0 radical (unpaired) electrons. The van der Waals surface area contributed by atoms with Gasteiger partial charge in [-0.2, -0.15) is 13.2 Å². The van der Waals surface area contributed by atoms with Crippen molar-refractivity contribution in [3.05, 3.63) is 48.3 Å². The summed E-state index contributed by atoms with van der Waals surface area (Å²) in [5, 5.41) is 2.84. The summed E-state index contributed by atoms with van der Waals surface area (Å²) >= 11 is 0. The molecular formula is C27H35F3N6O4S. The van der Waals surface area contributed by atoms with Crippen LogP contribution in [0.1, 0.15) is 39.3 Å². The second kappa shape index (κ2) is 11.6. The molecule has 1 aromatic carbocycles. The number of rotatable bonds is 9. The van der Waals surface area contributed by atoms with E-state index in [9.17, 15) is 31.2 Å². The number of carbonyl (C=O) groups excluding carboxylic acids is 2. The first kappa shape index (κ1) is 30.7. The lowest BCUT2D eigenvalue weighted by Crippen LogP contribution is -2.56. The minimum absolute atomic E-state index is 0.0405. The van der Waals surface area contributed by atoms with Crippen molar-refractivity contribution in [1.29, 1.82) is 0 Å². The maximum atomic E-state index is 14.1. The number of urea groups is 1. The van der Waals surface area contributed by atoms with Crippen LogP contribution in [0.4, 0.5) is 29.3 Å². The SMILES string of the molecule is CCN1CCN(c2cnccc2C(N(CC)CC)C2(C)NC(=O)N(c3ccc(S(=O)(=O)C(F)(F)F)cc3)C2=O)CC1. The second-order valence-corrected chi connectivity index (χ2v) is 12.1. The van der Waals surface area contributed by atoms with Crippen LogP contribution in [-0.4, -0.2) is 92.0 Å². The van der Waals surface area contributed by atoms with Gasteiger partial charge in [0.25, 0.3) is 15.7 Å². The molecule has 14 heteroatoms. The molecule has 4 rings (SSSR count). The Balaban J connectivity index is 1.73. The van der Waals surface area contributed by atoms with E-state index in [4.69, 9.17) is 0 Å². The number of likely N-dealkylation sites (N-methyl/N-ethyl adjacent to an activating group) is 2. The molecule has 1 aromatic heterocycles. The molecule has 0 saturated carbocycles. The number of hydrogen-bond donors (Lipinski definition) is 1. The number of anilines is 2. The number of halogens is 3. The molecule has 2 saturated heterocycles. The summed E-state index contributed by atoms with van der Waals surface area (Å²) in [4.78, 5) is 38.2. The first-order chi connectivity index (χ1) is 19.3. The van der Waals surface area contributed by atoms with Gasteiger partial charge in [-0.15, -0.1) is 0 Å². The molecule has 2 fully saturated rings. The summed E-state index contributed by atoms with van der Waals surface area (Å²) in [5.41, 5.74) is -5.29. The lowest BCUT2D eigenvalue weighted by atomic mass is 9.84. The first-order valence-electron chi connectivity index (χ1n) is 13.5. The van der Waals surface area contributed by atoms with Crippen LogP contribution in [-0.2, 0) is 14.6 Å². The van der Waals surface area contributed by atoms with Gasteiger partial charge in [0, 0.05) is 32.4 Å². The molecule has 0 spiro atoms. The number of carbonyl (C=O) groups is 2. The number of sulfone groups is 1. The Morgan fingerprint density at radius 3 is 2.17 bits per heavy atom. The van der Waals surface area contributed by atoms with Crippen LogP contribution in [0, 0.1) is 0 Å². The van der Waals surface area contributed by atoms with Crippen molar-refractivity contribution in [2.24, 2.45) is 0 Å². The quantitative estimate of drug-likeness (QED) is 0.439. The highest BCUT2D eigenvalue weighted by atomic mass is 32.2. The van der Waals surface area contributed by atoms with E-state index in [1.165, 1.54) is 0 Å². The molecule has 0 bridgehead atoms. The molecule has 3 amide bonds. The Morgan fingerprint density at radius 2 is 1.63 bits per heavy atom. The normalized spacial score (nSPS) is 21.5. The second-order valence-electron chi connectivity index (χ2n) is 10.2. The van der Waals surface area contributed by atoms with E-state index >= 15 is 0 Å². The Morgan fingerprint density at radius 1 is 1.02 bits per heavy atom. The van der Waals surface area contributed by atoms with Crippen LogP contribution in [0.2, 0.25) is 0 Å². The number of amides is 3. The summed E-state index contributed by atoms with van der Waals surface area (Å²) in [7, 11) is -5.58. The van der Waals surface area contributed by atoms with E-state index in [1.54, 1.807) is 19.3 Å². The summed E-state index contributed by atoms with van der Waals surface area (Å²) in [6.07, 6.45) is 3.43. The van der Waals surface area contributed by atoms with Crippen molar-refractivity contribution in [3.63, 3.8) is 0 Å². The fourth-order valence-electron chi connectivity index (χ4n) is 5.64. The van der Waals surface area contributed by atoms with E-state index < -0.39 is 43.8 Å². The van der Waals surface area contributed by atoms with Crippen molar-refractivity contribution in [1.82, 2.24) is 20.1 Å². The summed E-state index contributed by atoms with van der Waals surface area (Å²) in [6.45, 7) is 13.0. The number of piperazine rings is 1. The molecule has 2 aliphatic rings. The van der Waals surface area contributed by atoms with E-state index in [-0.39, 0.29) is 5.69 Å². The zero-order valence-corrected chi connectivity index (χ0v) is 24.3. The number of imide groups is 1. The highest BCUT2D eigenvalue weighted by Crippen LogP contribution is 2.42. The number of nitrogens with one attached hydrogen (secondary N) is 1. The zero-order chi connectivity index (χ0) is 30.2. The minimum atomic E-state index is -5.58. The first-order valence-corrected chi connectivity index (χ1v) is 15.0. The van der Waals surface area contributed by atoms with Gasteiger partial charge in [-0.3, -0.25) is 14.7 Å². The monoisotopic (exact) mass is 596 g/mol. The van der Waals surface area contributed by atoms with E-state index in [2.05, 4.69) is 31.9 Å². The third-order valence-corrected chi connectivity index (χ3v) is 9.44. The molecule has 2 unspecified atom stereocenters. The molecular weight excluding hydrogens is 561 g/mol. The highest BCUT2D eigenvalue weighted by molar-refractivity contribution is 7.92. The number of nitrogens with zero attached hydrogens (tertiary/aromatic N) is 5. The van der Waals surface area contributed by atoms with Gasteiger partial charge in [-0.05, 0) is 62.5 Å². The molecule has 1 N–H and O–H groups in total. The van der Waals surface area contributed by atoms with Gasteiger partial charge in [-0.25, -0.2) is 18.1 Å². The van der Waals surface area contributed by atoms with Gasteiger partial charge in [0.05, 0.1) is 28.5 Å². The lowest BCUT2D eigenvalue weighted by Gasteiger charge is -2.43. The molecule has 2 aromatic rings. The molecule has 10 nitrogen and oxygen atoms in total. The van der Waals surface area contributed by atoms with Gasteiger partial charge < -0.3 is 15.1 Å². The van der Waals surface area contributed by atoms with Gasteiger partial charge in [0.15, 0.2) is 0 Å². The molecule has 224 valence electrons. The van der Waals surface area contributed by atoms with Crippen LogP contribution in [0.15, 0.2) is 47.6 Å². The predicted molar refractivity (Wildman–Crippen MR) is 148 cm³/mol. The van der Waals surface area contributed by atoms with Crippen LogP contribution in [0.5, 0.6) is 0 Å². The van der Waals surface area contributed by atoms with Crippen molar-refractivity contribution in [2.75, 3.05) is 55.6 Å². The van der Waals surface area contributed by atoms with Crippen LogP contribution in [0.3, 0.4) is 0 Å². The molecule has 2 aliphatic heterocycles. The van der Waals surface area contributed by atoms with Crippen molar-refractivity contribution < 1.29 is 31.2 Å². The van der Waals surface area contributed by atoms with Crippen molar-refractivity contribution in [3.8, 4) is 0 Å². The number of aromatic nitrogens is 1. The number of pyridine rings is 1. The molecule has 41 heavy (non-hydrogen) atoms. The van der Waals surface area contributed by atoms with Gasteiger partial charge in [0.1, 0.15) is 5.54 Å². The third-order valence-electron chi connectivity index (χ3n) is 7.94. The smallest absolute Gasteiger partial charge is 0.367 e. The summed E-state index contributed by atoms with van der Waals surface area (Å²) in [6, 6.07) is 4.03. The summed E-state index contributed by atoms with van der Waals surface area (Å²) < 4.78 is 62.6. The number of alkyl halides is 3. The fourth-order valence-corrected chi connectivity index (χ4v) is 6.40. The van der Waals surface area contributed by atoms with E-state index in [0.29, 0.717) is 13.1 Å². The minimum Gasteiger partial charge on any atom is -0.367 e. The zero-order valence-electron chi connectivity index (χ0n) is 23.5. The van der Waals surface area contributed by atoms with E-state index in [0.717, 1.165) is 73.1 Å². The highest BCUT2D eigenvalue weighted by Gasteiger charge is 2.56. The number of benzene rings is 1. The predicted octanol–water partition coefficient (Wildman–Crippen LogP) is 3.42. The molecule has 3 heterocycles. The standard InChI is InChI=1S/C27H35F3N6O4S/c1-5-33-14-16-35(17-15-33)22-18-31-13-12-21(22)23(34(6-2)7-3)26(4)24(37)36(25(38)32-26)19-8-10-20(11-9-19)41(39,40)27(28,29)30/h8-13,18,23H,5-7,14-17H2,1-4H3,(H,32,38). The Bertz CT molecular complexity index is 1380. The largest absolute Gasteiger partial charge is 0.501 e. The average molecular weight is 597 g/mol. The molecule has 2 atom stereocenters. The summed E-state index contributed by atoms with van der Waals surface area (Å²) in [5.74, 6) is -0.607. The number of hydrogen-bond acceptors (Lipinski definition) is 8. The van der Waals surface area contributed by atoms with Crippen molar-refractivity contribution >= 4 is 33.2 Å². The fraction of sp³-hybridized carbons (Fsp3) is 0.519. The Hall–Kier alpha value is -3.23. The Kier molecular flexibility index (Phi) is 8.67. The van der Waals surface area contributed by atoms with Crippen LogP contribution >= 0.6 is 0 Å². The van der Waals surface area contributed by atoms with Gasteiger partial charge in [-0.1, -0.05) is 20.8 Å². The third kappa shape index (κ3) is 5.52. The average Bonchev–Trinajstić information content (AvgIpc) is 3.18. The maximum Gasteiger partial charge on any atom is 0.501 e. The van der Waals surface area contributed by atoms with Gasteiger partial charge >= 0.3 is 11.5 Å². The van der Waals surface area contributed by atoms with E-state index in [1.807, 2.05) is 19.9 Å². The van der Waals surface area contributed by atoms with Crippen LogP contribution in [0.25, 0.3) is 0 Å². The van der Waals surface area contributed by atoms with Crippen LogP contribution < -0.4 is 15.1 Å². The molecule has 0 aliphatic carbocycles. The van der Waals surface area contributed by atoms with Gasteiger partial charge in [0.2, 0.25) is 0 Å². The lowest BCUT2D eigenvalue weighted by molar-refractivity contribution is -0.124. The topological polar surface area (TPSA) is 106 Å². The Labute approximate surface area is 238 Å². The van der Waals surface area contributed by atoms with Crippen molar-refractivity contribution in [2.45, 2.75) is 49.7 Å². The maximum absolute atomic E-state index is 14.1.